The van der Waals surface area contributed by atoms with Gasteiger partial charge in [-0.05, 0) is 79.5 Å². The van der Waals surface area contributed by atoms with Crippen LogP contribution in [0.15, 0.2) is 71.4 Å². The van der Waals surface area contributed by atoms with Gasteiger partial charge in [-0.3, -0.25) is 4.79 Å². The number of ether oxygens (including phenoxy) is 5. The monoisotopic (exact) mass is 708 g/mol. The van der Waals surface area contributed by atoms with Gasteiger partial charge in [-0.25, -0.2) is 9.18 Å². The average Bonchev–Trinajstić information content (AvgIpc) is 3.44. The van der Waals surface area contributed by atoms with Gasteiger partial charge in [0.25, 0.3) is 0 Å². The third kappa shape index (κ3) is 7.53. The van der Waals surface area contributed by atoms with Crippen LogP contribution in [0.3, 0.4) is 0 Å². The summed E-state index contributed by atoms with van der Waals surface area (Å²) < 4.78 is 45.7. The molecule has 4 heterocycles. The number of aliphatic hydroxyl groups is 2. The summed E-state index contributed by atoms with van der Waals surface area (Å²) in [6.07, 6.45) is 8.83. The Bertz CT molecular complexity index is 1580. The van der Waals surface area contributed by atoms with Crippen LogP contribution in [0.25, 0.3) is 0 Å². The summed E-state index contributed by atoms with van der Waals surface area (Å²) in [6, 6.07) is 5.24. The van der Waals surface area contributed by atoms with Crippen LogP contribution >= 0.6 is 0 Å². The van der Waals surface area contributed by atoms with E-state index in [4.69, 9.17) is 23.7 Å². The molecule has 6 rings (SSSR count). The van der Waals surface area contributed by atoms with Crippen molar-refractivity contribution in [3.05, 3.63) is 82.7 Å². The summed E-state index contributed by atoms with van der Waals surface area (Å²) in [4.78, 5) is 27.5. The van der Waals surface area contributed by atoms with Crippen molar-refractivity contribution in [3.63, 3.8) is 0 Å². The normalized spacial score (nSPS) is 41.9. The van der Waals surface area contributed by atoms with E-state index in [1.165, 1.54) is 24.3 Å². The van der Waals surface area contributed by atoms with Crippen LogP contribution in [0, 0.1) is 29.5 Å². The minimum atomic E-state index is -1.84. The molecule has 9 nitrogen and oxygen atoms in total. The molecule has 1 aromatic carbocycles. The highest BCUT2D eigenvalue weighted by atomic mass is 19.1. The number of esters is 2. The fraction of sp³-hybridized carbons (Fsp3) is 0.610. The Morgan fingerprint density at radius 1 is 1.12 bits per heavy atom. The lowest BCUT2D eigenvalue weighted by Gasteiger charge is -2.51. The van der Waals surface area contributed by atoms with Crippen molar-refractivity contribution in [2.24, 2.45) is 23.7 Å². The molecule has 1 aliphatic carbocycles. The smallest absolute Gasteiger partial charge is 0.338 e. The molecule has 3 saturated heterocycles. The highest BCUT2D eigenvalue weighted by Gasteiger charge is 2.60. The Kier molecular flexibility index (Phi) is 11.1. The van der Waals surface area contributed by atoms with Gasteiger partial charge in [-0.15, -0.1) is 0 Å². The van der Waals surface area contributed by atoms with Crippen molar-refractivity contribution in [3.8, 4) is 0 Å². The number of rotatable bonds is 4. The summed E-state index contributed by atoms with van der Waals surface area (Å²) in [7, 11) is 0. The number of aliphatic hydroxyl groups excluding tert-OH is 1. The fourth-order valence-electron chi connectivity index (χ4n) is 8.51. The Balaban J connectivity index is 1.39. The van der Waals surface area contributed by atoms with E-state index in [0.29, 0.717) is 48.7 Å². The van der Waals surface area contributed by atoms with Crippen molar-refractivity contribution >= 4 is 11.9 Å². The van der Waals surface area contributed by atoms with Crippen molar-refractivity contribution in [2.45, 2.75) is 128 Å². The van der Waals surface area contributed by atoms with Crippen LogP contribution in [0.5, 0.6) is 0 Å². The predicted molar refractivity (Wildman–Crippen MR) is 188 cm³/mol. The predicted octanol–water partition coefficient (Wildman–Crippen LogP) is 6.54. The molecule has 2 N–H and O–H groups in total. The molecule has 12 atom stereocenters. The van der Waals surface area contributed by atoms with Crippen molar-refractivity contribution in [1.82, 2.24) is 0 Å². The minimum absolute atomic E-state index is 0.00917. The van der Waals surface area contributed by atoms with Crippen LogP contribution in [-0.2, 0) is 28.5 Å². The number of hydrogen-bond acceptors (Lipinski definition) is 9. The number of halogens is 1. The summed E-state index contributed by atoms with van der Waals surface area (Å²) in [5.74, 6) is -3.35. The molecule has 1 spiro atoms. The zero-order valence-corrected chi connectivity index (χ0v) is 30.5. The van der Waals surface area contributed by atoms with Gasteiger partial charge >= 0.3 is 11.9 Å². The van der Waals surface area contributed by atoms with E-state index in [1.807, 2.05) is 26.0 Å². The quantitative estimate of drug-likeness (QED) is 0.266. The molecule has 0 aromatic heterocycles. The first-order chi connectivity index (χ1) is 24.2. The number of carbonyl (C=O) groups is 2. The molecule has 4 aliphatic heterocycles. The molecule has 3 fully saturated rings. The Labute approximate surface area is 300 Å². The van der Waals surface area contributed by atoms with Crippen LogP contribution < -0.4 is 0 Å². The van der Waals surface area contributed by atoms with Crippen molar-refractivity contribution < 1.29 is 47.9 Å². The van der Waals surface area contributed by atoms with Crippen LogP contribution in [0.2, 0.25) is 0 Å². The number of allylic oxidation sites excluding steroid dienone is 2. The SMILES string of the molecule is CCC(C)[C@H]1O[C@]2(CC[C@@H]1C)C[C@@H]1C[C@@H](C/C=C(\C)[C@@H](OC(=O)c3ccc(F)cc3)[C@@H](C)/C=C/C=C3\CO[C@@H]4[C@H](O)C(C)=C[C@@H](C(=O)O1)[C@]34O)O2. The van der Waals surface area contributed by atoms with Crippen LogP contribution in [-0.4, -0.2) is 76.8 Å². The lowest BCUT2D eigenvalue weighted by molar-refractivity contribution is -0.340. The van der Waals surface area contributed by atoms with Gasteiger partial charge in [0.15, 0.2) is 5.79 Å². The third-order valence-corrected chi connectivity index (χ3v) is 11.8. The van der Waals surface area contributed by atoms with Crippen molar-refractivity contribution in [1.29, 1.82) is 0 Å². The van der Waals surface area contributed by atoms with Gasteiger partial charge in [0, 0.05) is 25.2 Å². The van der Waals surface area contributed by atoms with Crippen LogP contribution in [0.1, 0.15) is 90.4 Å². The standard InChI is InChI=1S/C41H53FO9/c1-7-23(2)36-26(5)17-18-40(51-36)21-32-20-31(50-40)16-11-25(4)35(49-38(44)28-12-14-30(42)15-13-28)24(3)9-8-10-29-22-47-37-34(43)27(6)19-33(39(45)48-32)41(29,37)46/h8-15,19,23-24,26,31-37,43,46H,7,16-18,20-22H2,1-6H3/b9-8+,25-11+,29-10+/t23?,24-,26-,31+,32-,33-,34+,35-,36+,37+,40+,41+/m0/s1. The van der Waals surface area contributed by atoms with Crippen LogP contribution in [0.4, 0.5) is 4.39 Å². The second-order valence-electron chi connectivity index (χ2n) is 15.5. The molecule has 0 saturated carbocycles. The number of fused-ring (bicyclic) bond motifs is 2. The summed E-state index contributed by atoms with van der Waals surface area (Å²) in [5, 5.41) is 23.4. The van der Waals surface area contributed by atoms with E-state index in [1.54, 1.807) is 25.2 Å². The zero-order chi connectivity index (χ0) is 36.7. The second kappa shape index (κ2) is 15.1. The van der Waals surface area contributed by atoms with Gasteiger partial charge in [0.1, 0.15) is 41.8 Å². The Hall–Kier alpha value is -3.15. The topological polar surface area (TPSA) is 121 Å². The number of carbonyl (C=O) groups excluding carboxylic acids is 2. The van der Waals surface area contributed by atoms with Gasteiger partial charge in [-0.2, -0.15) is 0 Å². The number of hydrogen-bond donors (Lipinski definition) is 2. The van der Waals surface area contributed by atoms with Gasteiger partial charge in [0.2, 0.25) is 0 Å². The maximum atomic E-state index is 14.2. The lowest BCUT2D eigenvalue weighted by Crippen LogP contribution is -2.58. The summed E-state index contributed by atoms with van der Waals surface area (Å²) in [6.45, 7) is 12.1. The van der Waals surface area contributed by atoms with E-state index in [-0.39, 0.29) is 30.3 Å². The van der Waals surface area contributed by atoms with E-state index < -0.39 is 59.5 Å². The highest BCUT2D eigenvalue weighted by molar-refractivity contribution is 5.89. The van der Waals surface area contributed by atoms with Gasteiger partial charge in [-0.1, -0.05) is 64.5 Å². The first-order valence-corrected chi connectivity index (χ1v) is 18.5. The minimum Gasteiger partial charge on any atom is -0.462 e. The Morgan fingerprint density at radius 3 is 2.59 bits per heavy atom. The first-order valence-electron chi connectivity index (χ1n) is 18.5. The molecule has 2 bridgehead atoms. The Morgan fingerprint density at radius 2 is 1.86 bits per heavy atom. The van der Waals surface area contributed by atoms with E-state index >= 15 is 0 Å². The summed E-state index contributed by atoms with van der Waals surface area (Å²) in [5.41, 5.74) is 0.153. The molecule has 51 heavy (non-hydrogen) atoms. The van der Waals surface area contributed by atoms with Gasteiger partial charge in [0.05, 0.1) is 24.4 Å². The molecular weight excluding hydrogens is 655 g/mol. The fourth-order valence-corrected chi connectivity index (χ4v) is 8.51. The van der Waals surface area contributed by atoms with Gasteiger partial charge < -0.3 is 33.9 Å². The largest absolute Gasteiger partial charge is 0.462 e. The third-order valence-electron chi connectivity index (χ3n) is 11.8. The summed E-state index contributed by atoms with van der Waals surface area (Å²) >= 11 is 0. The maximum absolute atomic E-state index is 14.2. The molecule has 278 valence electrons. The van der Waals surface area contributed by atoms with E-state index in [2.05, 4.69) is 20.8 Å². The second-order valence-corrected chi connectivity index (χ2v) is 15.5. The molecule has 10 heteroatoms. The molecule has 1 aromatic rings. The van der Waals surface area contributed by atoms with E-state index in [0.717, 1.165) is 18.4 Å². The molecule has 0 amide bonds. The molecule has 0 radical (unpaired) electrons. The van der Waals surface area contributed by atoms with E-state index in [9.17, 15) is 24.2 Å². The molecule has 5 aliphatic rings. The lowest BCUT2D eigenvalue weighted by atomic mass is 9.71. The van der Waals surface area contributed by atoms with Crippen molar-refractivity contribution in [2.75, 3.05) is 6.61 Å². The maximum Gasteiger partial charge on any atom is 0.338 e. The first kappa shape index (κ1) is 37.6. The molecular formula is C41H53FO9. The number of benzene rings is 1. The zero-order valence-electron chi connectivity index (χ0n) is 30.5. The average molecular weight is 709 g/mol. The molecule has 1 unspecified atom stereocenters. The highest BCUT2D eigenvalue weighted by Crippen LogP contribution is 2.48.